The first-order chi connectivity index (χ1) is 6.57. The van der Waals surface area contributed by atoms with Gasteiger partial charge in [-0.25, -0.2) is 4.79 Å². The number of imide groups is 1. The Morgan fingerprint density at radius 1 is 1.36 bits per heavy atom. The number of aliphatic hydroxyl groups is 1. The Morgan fingerprint density at radius 3 is 2.21 bits per heavy atom. The lowest BCUT2D eigenvalue weighted by Crippen LogP contribution is -2.45. The van der Waals surface area contributed by atoms with Crippen LogP contribution in [0.4, 0.5) is 0 Å². The summed E-state index contributed by atoms with van der Waals surface area (Å²) in [6.07, 6.45) is 1.86. The van der Waals surface area contributed by atoms with Gasteiger partial charge in [-0.3, -0.25) is 14.5 Å². The van der Waals surface area contributed by atoms with Crippen molar-refractivity contribution in [3.63, 3.8) is 0 Å². The van der Waals surface area contributed by atoms with Gasteiger partial charge in [0, 0.05) is 25.2 Å². The van der Waals surface area contributed by atoms with Crippen molar-refractivity contribution in [1.82, 2.24) is 4.90 Å². The maximum absolute atomic E-state index is 11.1. The van der Waals surface area contributed by atoms with Crippen molar-refractivity contribution in [2.75, 3.05) is 6.61 Å². The molecule has 1 aliphatic heterocycles. The van der Waals surface area contributed by atoms with Crippen LogP contribution in [0.15, 0.2) is 12.2 Å². The number of nitrogens with zero attached hydrogens (tertiary/aromatic N) is 1. The van der Waals surface area contributed by atoms with E-state index in [1.54, 1.807) is 0 Å². The average Bonchev–Trinajstić information content (AvgIpc) is 2.43. The molecule has 0 saturated carbocycles. The second-order valence-corrected chi connectivity index (χ2v) is 2.75. The van der Waals surface area contributed by atoms with E-state index in [9.17, 15) is 14.4 Å². The van der Waals surface area contributed by atoms with Gasteiger partial charge in [0.2, 0.25) is 0 Å². The highest BCUT2D eigenvalue weighted by atomic mass is 16.4. The molecule has 0 aromatic heterocycles. The van der Waals surface area contributed by atoms with Gasteiger partial charge in [-0.1, -0.05) is 0 Å². The number of rotatable bonds is 4. The quantitative estimate of drug-likeness (QED) is 0.551. The number of hydrogen-bond donors (Lipinski definition) is 2. The van der Waals surface area contributed by atoms with E-state index in [0.29, 0.717) is 4.90 Å². The van der Waals surface area contributed by atoms with Crippen molar-refractivity contribution in [3.8, 4) is 0 Å². The Hall–Kier alpha value is -1.69. The Kier molecular flexibility index (Phi) is 2.98. The molecule has 1 aliphatic rings. The normalized spacial score (nSPS) is 17.6. The van der Waals surface area contributed by atoms with E-state index in [2.05, 4.69) is 0 Å². The maximum Gasteiger partial charge on any atom is 0.327 e. The fraction of sp³-hybridized carbons (Fsp3) is 0.375. The van der Waals surface area contributed by atoms with Gasteiger partial charge in [0.25, 0.3) is 11.8 Å². The topological polar surface area (TPSA) is 94.9 Å². The van der Waals surface area contributed by atoms with E-state index < -0.39 is 30.4 Å². The number of carbonyl (C=O) groups excluding carboxylic acids is 2. The molecule has 0 fully saturated rings. The van der Waals surface area contributed by atoms with Crippen molar-refractivity contribution in [2.24, 2.45) is 0 Å². The number of carboxylic acids is 1. The molecule has 0 aromatic rings. The van der Waals surface area contributed by atoms with Crippen LogP contribution in [-0.4, -0.2) is 45.5 Å². The van der Waals surface area contributed by atoms with E-state index in [4.69, 9.17) is 10.2 Å². The molecule has 76 valence electrons. The summed E-state index contributed by atoms with van der Waals surface area (Å²) in [5, 5.41) is 17.3. The Bertz CT molecular complexity index is 291. The van der Waals surface area contributed by atoms with Gasteiger partial charge < -0.3 is 10.2 Å². The molecule has 0 spiro atoms. The van der Waals surface area contributed by atoms with E-state index in [1.165, 1.54) is 0 Å². The molecule has 0 aromatic carbocycles. The summed E-state index contributed by atoms with van der Waals surface area (Å²) in [5.74, 6) is -2.61. The number of aliphatic carboxylic acids is 1. The minimum atomic E-state index is -1.30. The molecule has 1 atom stereocenters. The third kappa shape index (κ3) is 1.80. The molecule has 0 bridgehead atoms. The second-order valence-electron chi connectivity index (χ2n) is 2.75. The van der Waals surface area contributed by atoms with Crippen LogP contribution in [-0.2, 0) is 14.4 Å². The summed E-state index contributed by atoms with van der Waals surface area (Å²) in [6, 6.07) is -1.28. The first-order valence-electron chi connectivity index (χ1n) is 3.97. The lowest BCUT2D eigenvalue weighted by atomic mass is 10.2. The van der Waals surface area contributed by atoms with Gasteiger partial charge in [-0.2, -0.15) is 0 Å². The van der Waals surface area contributed by atoms with Gasteiger partial charge in [0.15, 0.2) is 0 Å². The van der Waals surface area contributed by atoms with E-state index in [-0.39, 0.29) is 6.42 Å². The minimum absolute atomic E-state index is 0.158. The number of aliphatic hydroxyl groups excluding tert-OH is 1. The largest absolute Gasteiger partial charge is 0.480 e. The van der Waals surface area contributed by atoms with Crippen LogP contribution in [0.3, 0.4) is 0 Å². The summed E-state index contributed by atoms with van der Waals surface area (Å²) in [4.78, 5) is 33.5. The molecule has 1 heterocycles. The van der Waals surface area contributed by atoms with Gasteiger partial charge in [0.1, 0.15) is 6.04 Å². The standard InChI is InChI=1S/C8H9NO5/c10-4-3-5(8(13)14)9-6(11)1-2-7(9)12/h1-2,5,10H,3-4H2,(H,13,14)/t5-/m0/s1. The Balaban J connectivity index is 2.83. The third-order valence-corrected chi connectivity index (χ3v) is 1.84. The van der Waals surface area contributed by atoms with Crippen molar-refractivity contribution in [1.29, 1.82) is 0 Å². The lowest BCUT2D eigenvalue weighted by molar-refractivity contribution is -0.153. The van der Waals surface area contributed by atoms with Crippen LogP contribution < -0.4 is 0 Å². The smallest absolute Gasteiger partial charge is 0.327 e. The van der Waals surface area contributed by atoms with E-state index in [1.807, 2.05) is 0 Å². The molecule has 14 heavy (non-hydrogen) atoms. The zero-order valence-corrected chi connectivity index (χ0v) is 7.21. The average molecular weight is 199 g/mol. The molecular weight excluding hydrogens is 190 g/mol. The minimum Gasteiger partial charge on any atom is -0.480 e. The number of amides is 2. The van der Waals surface area contributed by atoms with Gasteiger partial charge in [-0.15, -0.1) is 0 Å². The fourth-order valence-electron chi connectivity index (χ4n) is 1.20. The van der Waals surface area contributed by atoms with E-state index in [0.717, 1.165) is 12.2 Å². The number of hydrogen-bond acceptors (Lipinski definition) is 4. The SMILES string of the molecule is O=C(O)[C@H](CCO)N1C(=O)C=CC1=O. The lowest BCUT2D eigenvalue weighted by Gasteiger charge is -2.21. The molecule has 0 radical (unpaired) electrons. The van der Waals surface area contributed by atoms with E-state index >= 15 is 0 Å². The molecule has 0 unspecified atom stereocenters. The summed E-state index contributed by atoms with van der Waals surface area (Å²) < 4.78 is 0. The molecule has 6 nitrogen and oxygen atoms in total. The van der Waals surface area contributed by atoms with Crippen molar-refractivity contribution < 1.29 is 24.6 Å². The molecule has 0 aliphatic carbocycles. The van der Waals surface area contributed by atoms with Crippen molar-refractivity contribution in [2.45, 2.75) is 12.5 Å². The molecular formula is C8H9NO5. The van der Waals surface area contributed by atoms with Gasteiger partial charge in [-0.05, 0) is 0 Å². The van der Waals surface area contributed by atoms with Crippen molar-refractivity contribution >= 4 is 17.8 Å². The monoisotopic (exact) mass is 199 g/mol. The Morgan fingerprint density at radius 2 is 1.86 bits per heavy atom. The van der Waals surface area contributed by atoms with Crippen LogP contribution in [0.1, 0.15) is 6.42 Å². The first kappa shape index (κ1) is 10.4. The summed E-state index contributed by atoms with van der Waals surface area (Å²) in [5.41, 5.74) is 0. The first-order valence-corrected chi connectivity index (χ1v) is 3.97. The van der Waals surface area contributed by atoms with Gasteiger partial charge >= 0.3 is 5.97 Å². The summed E-state index contributed by atoms with van der Waals surface area (Å²) in [6.45, 7) is -0.395. The van der Waals surface area contributed by atoms with Crippen LogP contribution in [0.2, 0.25) is 0 Å². The third-order valence-electron chi connectivity index (χ3n) is 1.84. The molecule has 2 N–H and O–H groups in total. The second kappa shape index (κ2) is 4.01. The molecule has 1 rings (SSSR count). The van der Waals surface area contributed by atoms with Crippen LogP contribution in [0, 0.1) is 0 Å². The Labute approximate surface area is 79.4 Å². The molecule has 0 saturated heterocycles. The predicted molar refractivity (Wildman–Crippen MR) is 44.1 cm³/mol. The highest BCUT2D eigenvalue weighted by molar-refractivity contribution is 6.14. The number of carbonyl (C=O) groups is 3. The zero-order valence-electron chi connectivity index (χ0n) is 7.21. The molecule has 6 heteroatoms. The van der Waals surface area contributed by atoms with Crippen LogP contribution >= 0.6 is 0 Å². The summed E-state index contributed by atoms with van der Waals surface area (Å²) >= 11 is 0. The summed E-state index contributed by atoms with van der Waals surface area (Å²) in [7, 11) is 0. The van der Waals surface area contributed by atoms with Crippen LogP contribution in [0.5, 0.6) is 0 Å². The highest BCUT2D eigenvalue weighted by Crippen LogP contribution is 2.12. The highest BCUT2D eigenvalue weighted by Gasteiger charge is 2.35. The van der Waals surface area contributed by atoms with Crippen molar-refractivity contribution in [3.05, 3.63) is 12.2 Å². The predicted octanol–water partition coefficient (Wildman–Crippen LogP) is -1.25. The van der Waals surface area contributed by atoms with Gasteiger partial charge in [0.05, 0.1) is 0 Å². The molecule has 2 amide bonds. The zero-order chi connectivity index (χ0) is 10.7. The number of carboxylic acid groups (broad SMARTS) is 1. The fourth-order valence-corrected chi connectivity index (χ4v) is 1.20. The van der Waals surface area contributed by atoms with Crippen LogP contribution in [0.25, 0.3) is 0 Å². The maximum atomic E-state index is 11.1.